The minimum Gasteiger partial charge on any atom is -0.496 e. The third kappa shape index (κ3) is 4.46. The van der Waals surface area contributed by atoms with Gasteiger partial charge < -0.3 is 19.7 Å². The van der Waals surface area contributed by atoms with Crippen LogP contribution in [0.2, 0.25) is 5.02 Å². The van der Waals surface area contributed by atoms with E-state index in [9.17, 15) is 22.4 Å². The van der Waals surface area contributed by atoms with Gasteiger partial charge in [0.15, 0.2) is 0 Å². The minimum atomic E-state index is -5.09. The number of hydrogen-bond acceptors (Lipinski definition) is 4. The predicted octanol–water partition coefficient (Wildman–Crippen LogP) is 5.28. The smallest absolute Gasteiger partial charge is 0.430 e. The molecule has 2 aromatic carbocycles. The van der Waals surface area contributed by atoms with Crippen molar-refractivity contribution in [1.82, 2.24) is 10.2 Å². The van der Waals surface area contributed by atoms with Gasteiger partial charge in [-0.2, -0.15) is 13.2 Å². The molecule has 2 aliphatic heterocycles. The number of nitrogens with zero attached hydrogens (tertiary/aromatic N) is 1. The summed E-state index contributed by atoms with van der Waals surface area (Å²) in [5.74, 6) is -1.25. The van der Waals surface area contributed by atoms with Crippen molar-refractivity contribution < 1.29 is 31.8 Å². The Morgan fingerprint density at radius 3 is 2.42 bits per heavy atom. The van der Waals surface area contributed by atoms with Crippen LogP contribution in [0, 0.1) is 11.2 Å². The molecule has 2 aliphatic rings. The van der Waals surface area contributed by atoms with Crippen LogP contribution in [0.3, 0.4) is 0 Å². The number of likely N-dealkylation sites (tertiary alicyclic amines) is 1. The van der Waals surface area contributed by atoms with Crippen molar-refractivity contribution in [3.05, 3.63) is 64.4 Å². The molecule has 2 heterocycles. The van der Waals surface area contributed by atoms with Crippen molar-refractivity contribution >= 4 is 17.5 Å². The van der Waals surface area contributed by atoms with E-state index >= 15 is 0 Å². The van der Waals surface area contributed by atoms with E-state index in [2.05, 4.69) is 5.32 Å². The Balaban J connectivity index is 1.63. The van der Waals surface area contributed by atoms with Crippen LogP contribution in [0.15, 0.2) is 42.5 Å². The van der Waals surface area contributed by atoms with Crippen molar-refractivity contribution in [2.45, 2.75) is 37.0 Å². The number of piperidine rings is 2. The molecule has 2 atom stereocenters. The molecule has 2 unspecified atom stereocenters. The number of rotatable bonds is 5. The van der Waals surface area contributed by atoms with Crippen molar-refractivity contribution in [1.29, 1.82) is 0 Å². The summed E-state index contributed by atoms with van der Waals surface area (Å²) in [6.45, 7) is 1.78. The Bertz CT molecular complexity index is 1100. The third-order valence-electron chi connectivity index (χ3n) is 7.78. The maximum atomic E-state index is 14.5. The number of halogens is 5. The van der Waals surface area contributed by atoms with Crippen LogP contribution in [-0.4, -0.2) is 57.4 Å². The number of carbonyl (C=O) groups is 1. The fraction of sp³-hybridized carbons (Fsp3) is 0.500. The zero-order chi connectivity index (χ0) is 26.1. The minimum absolute atomic E-state index is 0.0883. The highest BCUT2D eigenvalue weighted by atomic mass is 35.5. The van der Waals surface area contributed by atoms with Gasteiger partial charge in [0.2, 0.25) is 0 Å². The number of para-hydroxylation sites is 1. The summed E-state index contributed by atoms with van der Waals surface area (Å²) in [4.78, 5) is 14.7. The molecule has 2 saturated heterocycles. The molecule has 1 amide bonds. The van der Waals surface area contributed by atoms with Crippen LogP contribution < -0.4 is 10.1 Å². The Kier molecular flexibility index (Phi) is 7.55. The molecule has 0 bridgehead atoms. The fourth-order valence-corrected chi connectivity index (χ4v) is 5.97. The molecule has 0 aliphatic carbocycles. The van der Waals surface area contributed by atoms with Crippen molar-refractivity contribution in [2.75, 3.05) is 40.4 Å². The molecule has 1 N–H and O–H groups in total. The highest BCUT2D eigenvalue weighted by Gasteiger charge is 2.64. The lowest BCUT2D eigenvalue weighted by molar-refractivity contribution is -0.271. The molecule has 0 radical (unpaired) electrons. The molecular formula is C26H29ClF4N2O3. The van der Waals surface area contributed by atoms with E-state index in [0.717, 1.165) is 49.6 Å². The van der Waals surface area contributed by atoms with E-state index in [0.29, 0.717) is 19.4 Å². The van der Waals surface area contributed by atoms with E-state index in [1.54, 1.807) is 7.11 Å². The van der Waals surface area contributed by atoms with Gasteiger partial charge in [0.05, 0.1) is 12.1 Å². The van der Waals surface area contributed by atoms with Crippen LogP contribution in [0.4, 0.5) is 17.6 Å². The van der Waals surface area contributed by atoms with Crippen LogP contribution in [0.1, 0.15) is 36.3 Å². The third-order valence-corrected chi connectivity index (χ3v) is 8.07. The van der Waals surface area contributed by atoms with Gasteiger partial charge in [0.25, 0.3) is 11.5 Å². The predicted molar refractivity (Wildman–Crippen MR) is 128 cm³/mol. The summed E-state index contributed by atoms with van der Waals surface area (Å²) in [5, 5.41) is 2.91. The topological polar surface area (TPSA) is 50.8 Å². The Hall–Kier alpha value is -2.36. The van der Waals surface area contributed by atoms with Crippen molar-refractivity contribution in [3.63, 3.8) is 0 Å². The first-order chi connectivity index (χ1) is 17.1. The molecule has 2 aromatic rings. The van der Waals surface area contributed by atoms with E-state index < -0.39 is 34.1 Å². The molecule has 196 valence electrons. The monoisotopic (exact) mass is 528 g/mol. The first-order valence-corrected chi connectivity index (χ1v) is 12.2. The normalized spacial score (nSPS) is 21.8. The maximum Gasteiger partial charge on any atom is 0.430 e. The Morgan fingerprint density at radius 1 is 1.11 bits per heavy atom. The fourth-order valence-electron chi connectivity index (χ4n) is 5.79. The summed E-state index contributed by atoms with van der Waals surface area (Å²) in [5.41, 5.74) is -2.98. The second kappa shape index (κ2) is 10.2. The second-order valence-electron chi connectivity index (χ2n) is 9.42. The number of methoxy groups -OCH3 is 2. The number of hydrogen-bond donors (Lipinski definition) is 1. The molecule has 2 fully saturated rings. The molecule has 0 saturated carbocycles. The van der Waals surface area contributed by atoms with Gasteiger partial charge in [-0.05, 0) is 55.0 Å². The van der Waals surface area contributed by atoms with E-state index in [1.807, 2.05) is 24.3 Å². The van der Waals surface area contributed by atoms with E-state index in [1.165, 1.54) is 4.90 Å². The van der Waals surface area contributed by atoms with Gasteiger partial charge in [-0.1, -0.05) is 35.9 Å². The molecular weight excluding hydrogens is 500 g/mol. The largest absolute Gasteiger partial charge is 0.496 e. The van der Waals surface area contributed by atoms with Gasteiger partial charge in [-0.25, -0.2) is 4.39 Å². The van der Waals surface area contributed by atoms with Crippen LogP contribution in [0.5, 0.6) is 5.75 Å². The van der Waals surface area contributed by atoms with Gasteiger partial charge in [-0.3, -0.25) is 4.79 Å². The standard InChI is InChI=1S/C26H29ClF4N2O3/c1-35-22-6-4-3-5-18(22)19-16-32-12-9-24(19)10-13-33(14-11-24)23(34)25(36-2,26(29,30)31)17-7-8-21(28)20(27)15-17/h3-8,15,19,32H,9-14,16H2,1-2H3. The first kappa shape index (κ1) is 26.7. The Labute approximate surface area is 212 Å². The van der Waals surface area contributed by atoms with Crippen molar-refractivity contribution in [3.8, 4) is 5.75 Å². The lowest BCUT2D eigenvalue weighted by atomic mass is 9.62. The second-order valence-corrected chi connectivity index (χ2v) is 9.82. The first-order valence-electron chi connectivity index (χ1n) is 11.8. The number of benzene rings is 2. The highest BCUT2D eigenvalue weighted by molar-refractivity contribution is 6.30. The van der Waals surface area contributed by atoms with Crippen LogP contribution in [-0.2, 0) is 15.1 Å². The molecule has 36 heavy (non-hydrogen) atoms. The summed E-state index contributed by atoms with van der Waals surface area (Å²) in [7, 11) is 2.45. The van der Waals surface area contributed by atoms with Gasteiger partial charge in [0.1, 0.15) is 11.6 Å². The number of amides is 1. The zero-order valence-corrected chi connectivity index (χ0v) is 20.9. The number of nitrogens with one attached hydrogen (secondary N) is 1. The van der Waals surface area contributed by atoms with Crippen LogP contribution >= 0.6 is 11.6 Å². The highest BCUT2D eigenvalue weighted by Crippen LogP contribution is 2.51. The average molecular weight is 529 g/mol. The SMILES string of the molecule is COc1ccccc1C1CNCCC12CCN(C(=O)C(OC)(c1ccc(F)c(Cl)c1)C(F)(F)F)CC2. The van der Waals surface area contributed by atoms with Crippen LogP contribution in [0.25, 0.3) is 0 Å². The van der Waals surface area contributed by atoms with E-state index in [4.69, 9.17) is 21.1 Å². The summed E-state index contributed by atoms with van der Waals surface area (Å²) >= 11 is 5.77. The number of alkyl halides is 3. The lowest BCUT2D eigenvalue weighted by Crippen LogP contribution is -2.59. The lowest BCUT2D eigenvalue weighted by Gasteiger charge is -2.51. The van der Waals surface area contributed by atoms with Gasteiger partial charge >= 0.3 is 6.18 Å². The summed E-state index contributed by atoms with van der Waals surface area (Å²) < 4.78 is 67.7. The summed E-state index contributed by atoms with van der Waals surface area (Å²) in [6.07, 6.45) is -3.19. The zero-order valence-electron chi connectivity index (χ0n) is 20.1. The summed E-state index contributed by atoms with van der Waals surface area (Å²) in [6, 6.07) is 10.3. The van der Waals surface area contributed by atoms with Crippen molar-refractivity contribution in [2.24, 2.45) is 5.41 Å². The van der Waals surface area contributed by atoms with Gasteiger partial charge in [-0.15, -0.1) is 0 Å². The number of ether oxygens (including phenoxy) is 2. The van der Waals surface area contributed by atoms with Gasteiger partial charge in [0, 0.05) is 38.2 Å². The molecule has 10 heteroatoms. The van der Waals surface area contributed by atoms with E-state index in [-0.39, 0.29) is 24.4 Å². The Morgan fingerprint density at radius 2 is 1.81 bits per heavy atom. The molecule has 4 rings (SSSR count). The average Bonchev–Trinajstić information content (AvgIpc) is 2.86. The quantitative estimate of drug-likeness (QED) is 0.537. The molecule has 0 aromatic heterocycles. The molecule has 5 nitrogen and oxygen atoms in total. The maximum absolute atomic E-state index is 14.5. The number of carbonyl (C=O) groups excluding carboxylic acids is 1. The molecule has 1 spiro atoms.